The van der Waals surface area contributed by atoms with Crippen molar-refractivity contribution in [1.29, 1.82) is 0 Å². The van der Waals surface area contributed by atoms with Gasteiger partial charge in [0.1, 0.15) is 0 Å². The van der Waals surface area contributed by atoms with E-state index >= 15 is 0 Å². The molecule has 0 aliphatic carbocycles. The zero-order valence-corrected chi connectivity index (χ0v) is 4.73. The van der Waals surface area contributed by atoms with E-state index in [0.717, 1.165) is 6.42 Å². The van der Waals surface area contributed by atoms with Crippen LogP contribution >= 0.6 is 0 Å². The van der Waals surface area contributed by atoms with E-state index in [4.69, 9.17) is 0 Å². The first-order valence-corrected chi connectivity index (χ1v) is 2.40. The second-order valence-electron chi connectivity index (χ2n) is 1.52. The molecule has 0 aliphatic heterocycles. The molecule has 0 saturated heterocycles. The summed E-state index contributed by atoms with van der Waals surface area (Å²) in [5.41, 5.74) is 0. The molecule has 37 valence electrons. The van der Waals surface area contributed by atoms with E-state index in [-0.39, 0.29) is 0 Å². The first-order valence-electron chi connectivity index (χ1n) is 2.40. The average Bonchev–Trinajstić information content (AvgIpc) is 1.65. The minimum Gasteiger partial charge on any atom is -0.242 e. The third-order valence-electron chi connectivity index (χ3n) is 1.03. The monoisotopic (exact) mass is 86.1 g/mol. The minimum atomic E-state index is 0.560. The normalized spacial score (nSPS) is 14.5. The van der Waals surface area contributed by atoms with Gasteiger partial charge >= 0.3 is 0 Å². The van der Waals surface area contributed by atoms with Crippen LogP contribution in [-0.2, 0) is 0 Å². The van der Waals surface area contributed by atoms with Crippen molar-refractivity contribution in [3.8, 4) is 0 Å². The molecule has 0 aromatic heterocycles. The van der Waals surface area contributed by atoms with Gasteiger partial charge in [0.2, 0.25) is 0 Å². The van der Waals surface area contributed by atoms with Crippen molar-refractivity contribution in [2.45, 2.75) is 26.3 Å². The van der Waals surface area contributed by atoms with Crippen molar-refractivity contribution in [1.82, 2.24) is 5.32 Å². The molecule has 0 aromatic rings. The smallest absolute Gasteiger partial charge is 0.0211 e. The number of hydrogen-bond donors (Lipinski definition) is 0. The summed E-state index contributed by atoms with van der Waals surface area (Å²) >= 11 is 0. The average molecular weight is 86.2 g/mol. The van der Waals surface area contributed by atoms with E-state index < -0.39 is 0 Å². The molecule has 1 unspecified atom stereocenters. The highest BCUT2D eigenvalue weighted by Crippen LogP contribution is 1.84. The Morgan fingerprint density at radius 1 is 1.67 bits per heavy atom. The molecule has 0 aliphatic rings. The van der Waals surface area contributed by atoms with Crippen molar-refractivity contribution < 1.29 is 0 Å². The third-order valence-corrected chi connectivity index (χ3v) is 1.03. The van der Waals surface area contributed by atoms with Gasteiger partial charge in [0.05, 0.1) is 0 Å². The van der Waals surface area contributed by atoms with E-state index in [1.54, 1.807) is 0 Å². The van der Waals surface area contributed by atoms with Crippen LogP contribution < -0.4 is 5.32 Å². The maximum absolute atomic E-state index is 4.01. The van der Waals surface area contributed by atoms with Gasteiger partial charge in [-0.05, 0) is 13.3 Å². The van der Waals surface area contributed by atoms with E-state index in [1.165, 1.54) is 0 Å². The molecule has 1 nitrogen and oxygen atoms in total. The SMILES string of the molecule is CCC(C)[N]C. The van der Waals surface area contributed by atoms with Crippen molar-refractivity contribution >= 4 is 0 Å². The summed E-state index contributed by atoms with van der Waals surface area (Å²) in [4.78, 5) is 0. The summed E-state index contributed by atoms with van der Waals surface area (Å²) in [5.74, 6) is 0. The summed E-state index contributed by atoms with van der Waals surface area (Å²) in [6.07, 6.45) is 1.16. The van der Waals surface area contributed by atoms with Crippen LogP contribution in [0.4, 0.5) is 0 Å². The Labute approximate surface area is 39.7 Å². The fraction of sp³-hybridized carbons (Fsp3) is 1.00. The molecule has 0 rings (SSSR count). The Balaban J connectivity index is 2.75. The molecule has 0 amide bonds. The Hall–Kier alpha value is -0.0400. The van der Waals surface area contributed by atoms with E-state index in [2.05, 4.69) is 19.2 Å². The Bertz CT molecular complexity index is 23.1. The zero-order chi connectivity index (χ0) is 4.99. The van der Waals surface area contributed by atoms with Crippen molar-refractivity contribution in [2.24, 2.45) is 0 Å². The van der Waals surface area contributed by atoms with Crippen molar-refractivity contribution in [2.75, 3.05) is 7.05 Å². The molecule has 1 atom stereocenters. The van der Waals surface area contributed by atoms with Crippen molar-refractivity contribution in [3.63, 3.8) is 0 Å². The van der Waals surface area contributed by atoms with Gasteiger partial charge in [0.25, 0.3) is 0 Å². The molecule has 0 heterocycles. The lowest BCUT2D eigenvalue weighted by atomic mass is 10.3. The lowest BCUT2D eigenvalue weighted by Crippen LogP contribution is -2.11. The number of nitrogens with zero attached hydrogens (tertiary/aromatic N) is 1. The van der Waals surface area contributed by atoms with E-state index in [9.17, 15) is 0 Å². The van der Waals surface area contributed by atoms with Gasteiger partial charge in [0, 0.05) is 13.1 Å². The first-order chi connectivity index (χ1) is 2.81. The van der Waals surface area contributed by atoms with Crippen molar-refractivity contribution in [3.05, 3.63) is 0 Å². The summed E-state index contributed by atoms with van der Waals surface area (Å²) in [5, 5.41) is 4.01. The maximum Gasteiger partial charge on any atom is 0.0211 e. The van der Waals surface area contributed by atoms with Gasteiger partial charge in [0.15, 0.2) is 0 Å². The highest BCUT2D eigenvalue weighted by molar-refractivity contribution is 4.48. The fourth-order valence-corrected chi connectivity index (χ4v) is 0.183. The Kier molecular flexibility index (Phi) is 3.14. The maximum atomic E-state index is 4.01. The van der Waals surface area contributed by atoms with Crippen LogP contribution in [0.15, 0.2) is 0 Å². The summed E-state index contributed by atoms with van der Waals surface area (Å²) in [7, 11) is 1.86. The minimum absolute atomic E-state index is 0.560. The summed E-state index contributed by atoms with van der Waals surface area (Å²) < 4.78 is 0. The molecule has 0 spiro atoms. The molecule has 1 radical (unpaired) electrons. The van der Waals surface area contributed by atoms with Gasteiger partial charge in [-0.15, -0.1) is 0 Å². The molecular formula is C5H12N. The Morgan fingerprint density at radius 2 is 2.17 bits per heavy atom. The molecule has 0 fully saturated rings. The number of hydrogen-bond acceptors (Lipinski definition) is 0. The summed E-state index contributed by atoms with van der Waals surface area (Å²) in [6, 6.07) is 0.560. The molecule has 0 saturated carbocycles. The van der Waals surface area contributed by atoms with Gasteiger partial charge < -0.3 is 0 Å². The van der Waals surface area contributed by atoms with Crippen LogP contribution in [0.5, 0.6) is 0 Å². The fourth-order valence-electron chi connectivity index (χ4n) is 0.183. The zero-order valence-electron chi connectivity index (χ0n) is 4.73. The molecule has 1 heteroatoms. The quantitative estimate of drug-likeness (QED) is 0.476. The van der Waals surface area contributed by atoms with Crippen LogP contribution in [0.25, 0.3) is 0 Å². The van der Waals surface area contributed by atoms with Gasteiger partial charge in [-0.3, -0.25) is 0 Å². The van der Waals surface area contributed by atoms with Crippen LogP contribution in [0, 0.1) is 0 Å². The van der Waals surface area contributed by atoms with E-state index in [1.807, 2.05) is 7.05 Å². The van der Waals surface area contributed by atoms with E-state index in [0.29, 0.717) is 6.04 Å². The van der Waals surface area contributed by atoms with Crippen LogP contribution in [-0.4, -0.2) is 13.1 Å². The molecule has 0 aromatic carbocycles. The second-order valence-corrected chi connectivity index (χ2v) is 1.52. The summed E-state index contributed by atoms with van der Waals surface area (Å²) in [6.45, 7) is 4.25. The van der Waals surface area contributed by atoms with Gasteiger partial charge in [-0.1, -0.05) is 6.92 Å². The second kappa shape index (κ2) is 3.16. The lowest BCUT2D eigenvalue weighted by molar-refractivity contribution is 0.582. The lowest BCUT2D eigenvalue weighted by Gasteiger charge is -1.99. The topological polar surface area (TPSA) is 14.1 Å². The highest BCUT2D eigenvalue weighted by atomic mass is 14.8. The number of rotatable bonds is 2. The standard InChI is InChI=1S/C5H12N/c1-4-5(2)6-3/h5H,4H2,1-3H3. The Morgan fingerprint density at radius 3 is 2.17 bits per heavy atom. The molecule has 6 heavy (non-hydrogen) atoms. The third kappa shape index (κ3) is 2.21. The van der Waals surface area contributed by atoms with Gasteiger partial charge in [-0.2, -0.15) is 0 Å². The molecule has 0 bridgehead atoms. The largest absolute Gasteiger partial charge is 0.242 e. The molecular weight excluding hydrogens is 74.1 g/mol. The highest BCUT2D eigenvalue weighted by Gasteiger charge is 1.88. The van der Waals surface area contributed by atoms with Crippen LogP contribution in [0.1, 0.15) is 20.3 Å². The van der Waals surface area contributed by atoms with Crippen LogP contribution in [0.2, 0.25) is 0 Å². The van der Waals surface area contributed by atoms with Crippen LogP contribution in [0.3, 0.4) is 0 Å². The predicted octanol–water partition coefficient (Wildman–Crippen LogP) is 1.02. The predicted molar refractivity (Wildman–Crippen MR) is 27.8 cm³/mol. The molecule has 0 N–H and O–H groups in total. The van der Waals surface area contributed by atoms with Gasteiger partial charge in [-0.25, -0.2) is 5.32 Å². The first kappa shape index (κ1) is 5.96.